The summed E-state index contributed by atoms with van der Waals surface area (Å²) in [6.07, 6.45) is 2.47. The minimum absolute atomic E-state index is 0.0438. The lowest BCUT2D eigenvalue weighted by Gasteiger charge is -2.20. The Morgan fingerprint density at radius 2 is 1.79 bits per heavy atom. The lowest BCUT2D eigenvalue weighted by atomic mass is 9.98. The molecule has 1 heterocycles. The molecule has 1 unspecified atom stereocenters. The van der Waals surface area contributed by atoms with Gasteiger partial charge in [0, 0.05) is 40.6 Å². The molecule has 0 spiro atoms. The van der Waals surface area contributed by atoms with E-state index >= 15 is 0 Å². The number of rotatable bonds is 9. The van der Waals surface area contributed by atoms with Crippen LogP contribution in [0.25, 0.3) is 11.1 Å². The average molecular weight is 477 g/mol. The maximum Gasteiger partial charge on any atom is 0.252 e. The molecule has 3 rings (SSSR count). The fourth-order valence-electron chi connectivity index (χ4n) is 3.89. The van der Waals surface area contributed by atoms with Gasteiger partial charge in [-0.1, -0.05) is 49.7 Å². The first kappa shape index (κ1) is 24.9. The van der Waals surface area contributed by atoms with Crippen molar-refractivity contribution in [3.8, 4) is 22.9 Å². The highest BCUT2D eigenvalue weighted by Crippen LogP contribution is 2.33. The second kappa shape index (κ2) is 11.0. The van der Waals surface area contributed by atoms with E-state index in [-0.39, 0.29) is 23.5 Å². The van der Waals surface area contributed by atoms with Gasteiger partial charge in [-0.15, -0.1) is 0 Å². The van der Waals surface area contributed by atoms with Gasteiger partial charge in [-0.25, -0.2) is 0 Å². The summed E-state index contributed by atoms with van der Waals surface area (Å²) < 4.78 is 6.89. The first-order valence-electron chi connectivity index (χ1n) is 11.0. The quantitative estimate of drug-likeness (QED) is 0.385. The summed E-state index contributed by atoms with van der Waals surface area (Å²) >= 11 is 6.12. The van der Waals surface area contributed by atoms with Gasteiger partial charge in [-0.3, -0.25) is 14.4 Å². The van der Waals surface area contributed by atoms with Crippen molar-refractivity contribution in [2.45, 2.75) is 39.2 Å². The first-order valence-corrected chi connectivity index (χ1v) is 11.4. The third-order valence-corrected chi connectivity index (χ3v) is 5.96. The van der Waals surface area contributed by atoms with Crippen LogP contribution in [0.5, 0.6) is 5.75 Å². The van der Waals surface area contributed by atoms with E-state index in [0.717, 1.165) is 5.56 Å². The van der Waals surface area contributed by atoms with E-state index in [1.807, 2.05) is 6.92 Å². The average Bonchev–Trinajstić information content (AvgIpc) is 2.85. The molecule has 1 atom stereocenters. The highest BCUT2D eigenvalue weighted by atomic mass is 35.5. The molecular formula is C27H25ClN2O4. The fraction of sp³-hybridized carbons (Fsp3) is 0.259. The van der Waals surface area contributed by atoms with Gasteiger partial charge in [-0.05, 0) is 30.2 Å². The zero-order valence-corrected chi connectivity index (χ0v) is 20.1. The number of carbonyl (C=O) groups is 2. The van der Waals surface area contributed by atoms with E-state index in [0.29, 0.717) is 45.9 Å². The number of aromatic nitrogens is 1. The van der Waals surface area contributed by atoms with Gasteiger partial charge < -0.3 is 9.30 Å². The number of halogens is 1. The molecule has 0 aliphatic heterocycles. The van der Waals surface area contributed by atoms with Crippen molar-refractivity contribution in [2.75, 3.05) is 7.11 Å². The molecule has 0 saturated heterocycles. The number of benzene rings is 2. The van der Waals surface area contributed by atoms with Crippen molar-refractivity contribution >= 4 is 23.2 Å². The lowest BCUT2D eigenvalue weighted by Crippen LogP contribution is -2.30. The van der Waals surface area contributed by atoms with Gasteiger partial charge in [-0.2, -0.15) is 5.26 Å². The number of hydrogen-bond acceptors (Lipinski definition) is 5. The number of carbonyl (C=O) groups excluding carboxylic acids is 2. The predicted molar refractivity (Wildman–Crippen MR) is 132 cm³/mol. The monoisotopic (exact) mass is 476 g/mol. The Bertz CT molecular complexity index is 1320. The van der Waals surface area contributed by atoms with Crippen LogP contribution in [0.3, 0.4) is 0 Å². The molecule has 0 fully saturated rings. The molecule has 174 valence electrons. The molecule has 0 amide bonds. The maximum absolute atomic E-state index is 13.1. The number of nitriles is 1. The number of nitrogens with zero attached hydrogens (tertiary/aromatic N) is 2. The number of ketones is 2. The third kappa shape index (κ3) is 5.27. The van der Waals surface area contributed by atoms with Gasteiger partial charge in [0.05, 0.1) is 31.0 Å². The van der Waals surface area contributed by atoms with Crippen LogP contribution in [0.4, 0.5) is 0 Å². The molecular weight excluding hydrogens is 452 g/mol. The summed E-state index contributed by atoms with van der Waals surface area (Å²) in [4.78, 5) is 38.1. The van der Waals surface area contributed by atoms with Crippen molar-refractivity contribution in [3.63, 3.8) is 0 Å². The summed E-state index contributed by atoms with van der Waals surface area (Å²) in [5, 5.41) is 9.90. The Hall–Kier alpha value is -3.69. The van der Waals surface area contributed by atoms with Crippen LogP contribution >= 0.6 is 11.6 Å². The smallest absolute Gasteiger partial charge is 0.252 e. The van der Waals surface area contributed by atoms with Crippen LogP contribution in [0.1, 0.15) is 54.2 Å². The van der Waals surface area contributed by atoms with E-state index in [1.165, 1.54) is 23.9 Å². The van der Waals surface area contributed by atoms with Gasteiger partial charge in [0.2, 0.25) is 0 Å². The minimum atomic E-state index is -0.692. The highest BCUT2D eigenvalue weighted by Gasteiger charge is 2.23. The van der Waals surface area contributed by atoms with Crippen molar-refractivity contribution in [1.82, 2.24) is 4.57 Å². The molecule has 0 N–H and O–H groups in total. The van der Waals surface area contributed by atoms with Crippen molar-refractivity contribution < 1.29 is 14.3 Å². The molecule has 0 radical (unpaired) electrons. The summed E-state index contributed by atoms with van der Waals surface area (Å²) in [6.45, 7) is 3.64. The number of ether oxygens (including phenoxy) is 1. The summed E-state index contributed by atoms with van der Waals surface area (Å²) in [6, 6.07) is 14.5. The number of methoxy groups -OCH3 is 1. The molecule has 0 aliphatic rings. The lowest BCUT2D eigenvalue weighted by molar-refractivity contribution is -0.121. The summed E-state index contributed by atoms with van der Waals surface area (Å²) in [5.41, 5.74) is 2.26. The molecule has 7 heteroatoms. The summed E-state index contributed by atoms with van der Waals surface area (Å²) in [7, 11) is 1.46. The van der Waals surface area contributed by atoms with Crippen molar-refractivity contribution in [2.24, 2.45) is 0 Å². The van der Waals surface area contributed by atoms with E-state index in [2.05, 4.69) is 6.07 Å². The normalized spacial score (nSPS) is 11.5. The van der Waals surface area contributed by atoms with Crippen LogP contribution < -0.4 is 10.3 Å². The molecule has 3 aromatic rings. The van der Waals surface area contributed by atoms with Crippen molar-refractivity contribution in [3.05, 3.63) is 86.8 Å². The molecule has 0 saturated carbocycles. The largest absolute Gasteiger partial charge is 0.495 e. The van der Waals surface area contributed by atoms with E-state index in [9.17, 15) is 19.6 Å². The van der Waals surface area contributed by atoms with Crippen molar-refractivity contribution in [1.29, 1.82) is 5.26 Å². The standard InChI is InChI=1S/C27H25ClN2O4/c1-4-23(25(32)12-17-6-8-18(9-7-17)24(31)5-2)30-16-26(34-3)22(14-27(30)33)21-13-20(28)11-10-19(21)15-29/h6-11,13-14,16,23H,4-5,12H2,1-3H3. The molecule has 2 aromatic carbocycles. The van der Waals surface area contributed by atoms with Gasteiger partial charge >= 0.3 is 0 Å². The zero-order chi connectivity index (χ0) is 24.8. The van der Waals surface area contributed by atoms with Gasteiger partial charge in [0.15, 0.2) is 11.6 Å². The van der Waals surface area contributed by atoms with E-state index < -0.39 is 6.04 Å². The molecule has 0 bridgehead atoms. The second-order valence-electron chi connectivity index (χ2n) is 7.84. The van der Waals surface area contributed by atoms with Gasteiger partial charge in [0.1, 0.15) is 5.75 Å². The van der Waals surface area contributed by atoms with Gasteiger partial charge in [0.25, 0.3) is 5.56 Å². The fourth-order valence-corrected chi connectivity index (χ4v) is 4.07. The topological polar surface area (TPSA) is 89.2 Å². The minimum Gasteiger partial charge on any atom is -0.495 e. The van der Waals surface area contributed by atoms with Crippen LogP contribution in [-0.2, 0) is 11.2 Å². The molecule has 0 aliphatic carbocycles. The summed E-state index contributed by atoms with van der Waals surface area (Å²) in [5.74, 6) is 0.267. The highest BCUT2D eigenvalue weighted by molar-refractivity contribution is 6.31. The molecule has 34 heavy (non-hydrogen) atoms. The Balaban J connectivity index is 1.96. The third-order valence-electron chi connectivity index (χ3n) is 5.73. The number of hydrogen-bond donors (Lipinski definition) is 0. The van der Waals surface area contributed by atoms with Crippen LogP contribution in [-0.4, -0.2) is 23.2 Å². The molecule has 1 aromatic heterocycles. The number of Topliss-reactive ketones (excluding diaryl/α,β-unsaturated/α-hetero) is 2. The Morgan fingerprint density at radius 3 is 2.38 bits per heavy atom. The SMILES string of the molecule is CCC(=O)c1ccc(CC(=O)C(CC)n2cc(OC)c(-c3cc(Cl)ccc3C#N)cc2=O)cc1. The maximum atomic E-state index is 13.1. The first-order chi connectivity index (χ1) is 16.3. The van der Waals surface area contributed by atoms with Crippen LogP contribution in [0, 0.1) is 11.3 Å². The predicted octanol–water partition coefficient (Wildman–Crippen LogP) is 5.40. The van der Waals surface area contributed by atoms with Crippen LogP contribution in [0.15, 0.2) is 59.5 Å². The van der Waals surface area contributed by atoms with Crippen LogP contribution in [0.2, 0.25) is 5.02 Å². The number of pyridine rings is 1. The van der Waals surface area contributed by atoms with E-state index in [4.69, 9.17) is 16.3 Å². The Kier molecular flexibility index (Phi) is 8.04. The zero-order valence-electron chi connectivity index (χ0n) is 19.3. The molecule has 6 nitrogen and oxygen atoms in total. The van der Waals surface area contributed by atoms with E-state index in [1.54, 1.807) is 49.4 Å². The Morgan fingerprint density at radius 1 is 1.09 bits per heavy atom. The Labute approximate surface area is 203 Å². The second-order valence-corrected chi connectivity index (χ2v) is 8.28.